The van der Waals surface area contributed by atoms with Crippen molar-refractivity contribution < 1.29 is 14.3 Å². The molecule has 17 heavy (non-hydrogen) atoms. The SMILES string of the molecule is CCCNC(=O)COC(=O)c1cccc(I)c1. The third kappa shape index (κ3) is 5.16. The Bertz CT molecular complexity index is 406. The van der Waals surface area contributed by atoms with Crippen molar-refractivity contribution in [1.29, 1.82) is 0 Å². The van der Waals surface area contributed by atoms with E-state index in [1.807, 2.05) is 13.0 Å². The first-order valence-corrected chi connectivity index (χ1v) is 6.40. The van der Waals surface area contributed by atoms with E-state index in [4.69, 9.17) is 4.74 Å². The molecule has 0 spiro atoms. The highest BCUT2D eigenvalue weighted by atomic mass is 127. The largest absolute Gasteiger partial charge is 0.452 e. The second-order valence-electron chi connectivity index (χ2n) is 3.44. The van der Waals surface area contributed by atoms with Gasteiger partial charge in [-0.3, -0.25) is 4.79 Å². The van der Waals surface area contributed by atoms with Crippen molar-refractivity contribution in [3.05, 3.63) is 33.4 Å². The molecular formula is C12H14INO3. The first-order valence-electron chi connectivity index (χ1n) is 5.33. The van der Waals surface area contributed by atoms with Crippen molar-refractivity contribution >= 4 is 34.5 Å². The van der Waals surface area contributed by atoms with Crippen LogP contribution in [0, 0.1) is 3.57 Å². The smallest absolute Gasteiger partial charge is 0.338 e. The zero-order chi connectivity index (χ0) is 12.7. The average Bonchev–Trinajstić information content (AvgIpc) is 2.33. The Morgan fingerprint density at radius 1 is 1.41 bits per heavy atom. The third-order valence-electron chi connectivity index (χ3n) is 1.97. The Morgan fingerprint density at radius 2 is 2.18 bits per heavy atom. The number of nitrogens with one attached hydrogen (secondary N) is 1. The van der Waals surface area contributed by atoms with Gasteiger partial charge in [0.15, 0.2) is 6.61 Å². The van der Waals surface area contributed by atoms with Crippen LogP contribution in [-0.2, 0) is 9.53 Å². The van der Waals surface area contributed by atoms with Gasteiger partial charge in [-0.15, -0.1) is 0 Å². The van der Waals surface area contributed by atoms with E-state index >= 15 is 0 Å². The van der Waals surface area contributed by atoms with Crippen LogP contribution in [-0.4, -0.2) is 25.0 Å². The molecule has 4 nitrogen and oxygen atoms in total. The molecule has 0 aliphatic carbocycles. The van der Waals surface area contributed by atoms with Crippen molar-refractivity contribution in [2.45, 2.75) is 13.3 Å². The van der Waals surface area contributed by atoms with Crippen LogP contribution in [0.15, 0.2) is 24.3 Å². The highest BCUT2D eigenvalue weighted by Crippen LogP contribution is 2.08. The van der Waals surface area contributed by atoms with Gasteiger partial charge in [-0.1, -0.05) is 13.0 Å². The molecule has 0 aromatic heterocycles. The Morgan fingerprint density at radius 3 is 2.82 bits per heavy atom. The minimum atomic E-state index is -0.477. The van der Waals surface area contributed by atoms with Crippen LogP contribution < -0.4 is 5.32 Å². The summed E-state index contributed by atoms with van der Waals surface area (Å²) in [5.74, 6) is -0.749. The molecule has 1 aromatic rings. The number of hydrogen-bond acceptors (Lipinski definition) is 3. The minimum absolute atomic E-state index is 0.232. The maximum atomic E-state index is 11.6. The van der Waals surface area contributed by atoms with E-state index in [9.17, 15) is 9.59 Å². The first-order chi connectivity index (χ1) is 8.13. The number of hydrogen-bond donors (Lipinski definition) is 1. The lowest BCUT2D eigenvalue weighted by molar-refractivity contribution is -0.124. The standard InChI is InChI=1S/C12H14INO3/c1-2-6-14-11(15)8-17-12(16)9-4-3-5-10(13)7-9/h3-5,7H,2,6,8H2,1H3,(H,14,15). The highest BCUT2D eigenvalue weighted by Gasteiger charge is 2.09. The van der Waals surface area contributed by atoms with E-state index in [1.54, 1.807) is 18.2 Å². The van der Waals surface area contributed by atoms with Crippen LogP contribution in [0.1, 0.15) is 23.7 Å². The summed E-state index contributed by atoms with van der Waals surface area (Å²) in [5.41, 5.74) is 0.459. The van der Waals surface area contributed by atoms with Crippen LogP contribution in [0.2, 0.25) is 0 Å². The number of halogens is 1. The zero-order valence-corrected chi connectivity index (χ0v) is 11.7. The number of carbonyl (C=O) groups is 2. The van der Waals surface area contributed by atoms with Crippen LogP contribution >= 0.6 is 22.6 Å². The predicted octanol–water partition coefficient (Wildman–Crippen LogP) is 1.97. The van der Waals surface area contributed by atoms with E-state index in [0.717, 1.165) is 9.99 Å². The number of benzene rings is 1. The molecule has 0 saturated carbocycles. The molecule has 0 saturated heterocycles. The number of rotatable bonds is 5. The fourth-order valence-corrected chi connectivity index (χ4v) is 1.69. The van der Waals surface area contributed by atoms with Crippen molar-refractivity contribution in [2.75, 3.05) is 13.2 Å². The summed E-state index contributed by atoms with van der Waals surface area (Å²) in [5, 5.41) is 2.63. The van der Waals surface area contributed by atoms with Crippen LogP contribution in [0.4, 0.5) is 0 Å². The van der Waals surface area contributed by atoms with Gasteiger partial charge >= 0.3 is 5.97 Å². The minimum Gasteiger partial charge on any atom is -0.452 e. The molecule has 0 heterocycles. The van der Waals surface area contributed by atoms with Crippen LogP contribution in [0.25, 0.3) is 0 Å². The van der Waals surface area contributed by atoms with Gasteiger partial charge in [0.25, 0.3) is 5.91 Å². The summed E-state index contributed by atoms with van der Waals surface area (Å²) < 4.78 is 5.84. The number of ether oxygens (including phenoxy) is 1. The summed E-state index contributed by atoms with van der Waals surface area (Å²) in [6.45, 7) is 2.32. The normalized spacial score (nSPS) is 9.76. The van der Waals surface area contributed by atoms with Gasteiger partial charge in [-0.25, -0.2) is 4.79 Å². The number of esters is 1. The van der Waals surface area contributed by atoms with Gasteiger partial charge in [-0.2, -0.15) is 0 Å². The second-order valence-corrected chi connectivity index (χ2v) is 4.68. The molecule has 0 aliphatic heterocycles. The molecule has 0 aliphatic rings. The third-order valence-corrected chi connectivity index (χ3v) is 2.64. The average molecular weight is 347 g/mol. The van der Waals surface area contributed by atoms with Crippen molar-refractivity contribution in [1.82, 2.24) is 5.32 Å². The lowest BCUT2D eigenvalue weighted by Crippen LogP contribution is -2.29. The monoisotopic (exact) mass is 347 g/mol. The Hall–Kier alpha value is -1.11. The molecular weight excluding hydrogens is 333 g/mol. The van der Waals surface area contributed by atoms with Gasteiger partial charge < -0.3 is 10.1 Å². The van der Waals surface area contributed by atoms with Gasteiger partial charge in [0.05, 0.1) is 5.56 Å². The second kappa shape index (κ2) is 7.26. The van der Waals surface area contributed by atoms with Crippen molar-refractivity contribution in [3.8, 4) is 0 Å². The van der Waals surface area contributed by atoms with Crippen LogP contribution in [0.3, 0.4) is 0 Å². The molecule has 0 bridgehead atoms. The maximum absolute atomic E-state index is 11.6. The molecule has 1 aromatic carbocycles. The predicted molar refractivity (Wildman–Crippen MR) is 72.7 cm³/mol. The van der Waals surface area contributed by atoms with Crippen molar-refractivity contribution in [3.63, 3.8) is 0 Å². The summed E-state index contributed by atoms with van der Waals surface area (Å²) >= 11 is 2.11. The molecule has 0 atom stereocenters. The van der Waals surface area contributed by atoms with Crippen molar-refractivity contribution in [2.24, 2.45) is 0 Å². The summed E-state index contributed by atoms with van der Waals surface area (Å²) in [6.07, 6.45) is 0.858. The fraction of sp³-hybridized carbons (Fsp3) is 0.333. The lowest BCUT2D eigenvalue weighted by Gasteiger charge is -2.05. The summed E-state index contributed by atoms with van der Waals surface area (Å²) in [7, 11) is 0. The molecule has 5 heteroatoms. The Kier molecular flexibility index (Phi) is 5.96. The molecule has 1 N–H and O–H groups in total. The zero-order valence-electron chi connectivity index (χ0n) is 9.53. The van der Waals surface area contributed by atoms with E-state index in [1.165, 1.54) is 0 Å². The molecule has 92 valence electrons. The lowest BCUT2D eigenvalue weighted by atomic mass is 10.2. The first kappa shape index (κ1) is 14.0. The number of amides is 1. The molecule has 1 rings (SSSR count). The summed E-state index contributed by atoms with van der Waals surface area (Å²) in [6, 6.07) is 7.03. The number of carbonyl (C=O) groups excluding carboxylic acids is 2. The van der Waals surface area contributed by atoms with Crippen LogP contribution in [0.5, 0.6) is 0 Å². The quantitative estimate of drug-likeness (QED) is 0.655. The maximum Gasteiger partial charge on any atom is 0.338 e. The van der Waals surface area contributed by atoms with E-state index in [2.05, 4.69) is 27.9 Å². The van der Waals surface area contributed by atoms with E-state index in [-0.39, 0.29) is 12.5 Å². The van der Waals surface area contributed by atoms with Gasteiger partial charge in [0.1, 0.15) is 0 Å². The van der Waals surface area contributed by atoms with Gasteiger partial charge in [0, 0.05) is 10.1 Å². The molecule has 1 amide bonds. The van der Waals surface area contributed by atoms with Gasteiger partial charge in [-0.05, 0) is 47.2 Å². The molecule has 0 radical (unpaired) electrons. The summed E-state index contributed by atoms with van der Waals surface area (Å²) in [4.78, 5) is 22.8. The van der Waals surface area contributed by atoms with E-state index < -0.39 is 5.97 Å². The topological polar surface area (TPSA) is 55.4 Å². The molecule has 0 unspecified atom stereocenters. The fourth-order valence-electron chi connectivity index (χ4n) is 1.15. The Balaban J connectivity index is 2.42. The highest BCUT2D eigenvalue weighted by molar-refractivity contribution is 14.1. The van der Waals surface area contributed by atoms with E-state index in [0.29, 0.717) is 12.1 Å². The Labute approximate surface area is 114 Å². The van der Waals surface area contributed by atoms with Gasteiger partial charge in [0.2, 0.25) is 0 Å². The molecule has 0 fully saturated rings.